The van der Waals surface area contributed by atoms with Gasteiger partial charge in [-0.1, -0.05) is 0 Å². The molecule has 21 heavy (non-hydrogen) atoms. The van der Waals surface area contributed by atoms with E-state index >= 15 is 0 Å². The molecule has 0 amide bonds. The Hall–Kier alpha value is -1.96. The van der Waals surface area contributed by atoms with Gasteiger partial charge in [-0.05, 0) is 33.4 Å². The second kappa shape index (κ2) is 6.66. The average Bonchev–Trinajstić information content (AvgIpc) is 2.84. The van der Waals surface area contributed by atoms with Crippen molar-refractivity contribution < 1.29 is 4.92 Å². The lowest BCUT2D eigenvalue weighted by atomic mass is 10.2. The smallest absolute Gasteiger partial charge is 0.353 e. The molecule has 1 unspecified atom stereocenters. The molecule has 1 aromatic rings. The number of nitrogens with zero attached hydrogens (tertiary/aromatic N) is 5. The molecule has 1 N–H and O–H groups in total. The summed E-state index contributed by atoms with van der Waals surface area (Å²) in [7, 11) is 3.93. The number of likely N-dealkylation sites (tertiary alicyclic amines) is 1. The molecule has 8 nitrogen and oxygen atoms in total. The number of rotatable bonds is 6. The van der Waals surface area contributed by atoms with Crippen LogP contribution < -0.4 is 10.2 Å². The van der Waals surface area contributed by atoms with E-state index in [0.717, 1.165) is 19.5 Å². The van der Waals surface area contributed by atoms with Crippen LogP contribution in [-0.4, -0.2) is 59.6 Å². The van der Waals surface area contributed by atoms with Gasteiger partial charge in [0.1, 0.15) is 6.33 Å². The maximum absolute atomic E-state index is 11.4. The predicted octanol–water partition coefficient (Wildman–Crippen LogP) is 1.35. The second-order valence-electron chi connectivity index (χ2n) is 5.34. The molecule has 116 valence electrons. The number of hydrogen-bond donors (Lipinski definition) is 1. The van der Waals surface area contributed by atoms with Gasteiger partial charge in [-0.25, -0.2) is 9.97 Å². The summed E-state index contributed by atoms with van der Waals surface area (Å²) in [4.78, 5) is 23.2. The summed E-state index contributed by atoms with van der Waals surface area (Å²) in [5, 5.41) is 14.3. The molecule has 0 radical (unpaired) electrons. The number of anilines is 2. The van der Waals surface area contributed by atoms with E-state index in [1.165, 1.54) is 12.7 Å². The quantitative estimate of drug-likeness (QED) is 0.626. The summed E-state index contributed by atoms with van der Waals surface area (Å²) < 4.78 is 0. The van der Waals surface area contributed by atoms with E-state index in [1.807, 2.05) is 18.9 Å². The van der Waals surface area contributed by atoms with Gasteiger partial charge in [0.25, 0.3) is 0 Å². The summed E-state index contributed by atoms with van der Waals surface area (Å²) in [5.74, 6) is 0.644. The standard InChI is InChI=1S/C13H22N6O2/c1-4-14-12-11(19(20)21)13(16-9-15-12)18(3)8-10-6-5-7-17(10)2/h9-10H,4-8H2,1-3H3,(H,14,15,16). The Labute approximate surface area is 124 Å². The van der Waals surface area contributed by atoms with Crippen LogP contribution in [0, 0.1) is 10.1 Å². The molecule has 1 aromatic heterocycles. The maximum Gasteiger partial charge on any atom is 0.353 e. The summed E-state index contributed by atoms with van der Waals surface area (Å²) >= 11 is 0. The van der Waals surface area contributed by atoms with E-state index < -0.39 is 4.92 Å². The number of aromatic nitrogens is 2. The van der Waals surface area contributed by atoms with Gasteiger partial charge in [-0.3, -0.25) is 10.1 Å². The van der Waals surface area contributed by atoms with Crippen LogP contribution in [0.4, 0.5) is 17.3 Å². The highest BCUT2D eigenvalue weighted by Gasteiger charge is 2.28. The molecule has 1 atom stereocenters. The van der Waals surface area contributed by atoms with E-state index in [-0.39, 0.29) is 11.5 Å². The molecule has 0 aromatic carbocycles. The summed E-state index contributed by atoms with van der Waals surface area (Å²) in [5.41, 5.74) is -0.0532. The van der Waals surface area contributed by atoms with Crippen LogP contribution in [0.3, 0.4) is 0 Å². The van der Waals surface area contributed by atoms with Crippen molar-refractivity contribution >= 4 is 17.3 Å². The van der Waals surface area contributed by atoms with Crippen LogP contribution in [0.1, 0.15) is 19.8 Å². The third-order valence-electron chi connectivity index (χ3n) is 3.85. The summed E-state index contributed by atoms with van der Waals surface area (Å²) in [6.45, 7) is 4.25. The van der Waals surface area contributed by atoms with Crippen molar-refractivity contribution in [1.29, 1.82) is 0 Å². The van der Waals surface area contributed by atoms with Gasteiger partial charge in [0.2, 0.25) is 11.6 Å². The number of nitrogens with one attached hydrogen (secondary N) is 1. The van der Waals surface area contributed by atoms with Gasteiger partial charge >= 0.3 is 5.69 Å². The van der Waals surface area contributed by atoms with E-state index in [1.54, 1.807) is 0 Å². The lowest BCUT2D eigenvalue weighted by Gasteiger charge is -2.26. The highest BCUT2D eigenvalue weighted by molar-refractivity contribution is 5.70. The molecule has 2 heterocycles. The Balaban J connectivity index is 2.25. The Morgan fingerprint density at radius 2 is 2.33 bits per heavy atom. The average molecular weight is 294 g/mol. The zero-order valence-electron chi connectivity index (χ0n) is 12.7. The fourth-order valence-electron chi connectivity index (χ4n) is 2.73. The molecule has 1 saturated heterocycles. The molecular formula is C13H22N6O2. The fraction of sp³-hybridized carbons (Fsp3) is 0.692. The van der Waals surface area contributed by atoms with Crippen LogP contribution in [-0.2, 0) is 0 Å². The SMILES string of the molecule is CCNc1ncnc(N(C)CC2CCCN2C)c1[N+](=O)[O-]. The van der Waals surface area contributed by atoms with E-state index in [9.17, 15) is 10.1 Å². The summed E-state index contributed by atoms with van der Waals surface area (Å²) in [6, 6.07) is 0.409. The van der Waals surface area contributed by atoms with Crippen LogP contribution in [0.25, 0.3) is 0 Å². The van der Waals surface area contributed by atoms with Gasteiger partial charge in [0.15, 0.2) is 0 Å². The highest BCUT2D eigenvalue weighted by atomic mass is 16.6. The van der Waals surface area contributed by atoms with Gasteiger partial charge < -0.3 is 15.1 Å². The molecule has 8 heteroatoms. The molecule has 0 bridgehead atoms. The van der Waals surface area contributed by atoms with Crippen molar-refractivity contribution in [3.8, 4) is 0 Å². The van der Waals surface area contributed by atoms with Crippen molar-refractivity contribution in [3.05, 3.63) is 16.4 Å². The minimum atomic E-state index is -0.414. The number of hydrogen-bond acceptors (Lipinski definition) is 7. The van der Waals surface area contributed by atoms with Crippen molar-refractivity contribution in [2.75, 3.05) is 43.9 Å². The van der Waals surface area contributed by atoms with Gasteiger partial charge in [0.05, 0.1) is 4.92 Å². The van der Waals surface area contributed by atoms with Crippen molar-refractivity contribution in [2.24, 2.45) is 0 Å². The maximum atomic E-state index is 11.4. The molecule has 1 fully saturated rings. The molecular weight excluding hydrogens is 272 g/mol. The molecule has 0 saturated carbocycles. The largest absolute Gasteiger partial charge is 0.364 e. The molecule has 0 aliphatic carbocycles. The fourth-order valence-corrected chi connectivity index (χ4v) is 2.73. The molecule has 0 spiro atoms. The first-order valence-electron chi connectivity index (χ1n) is 7.19. The zero-order valence-corrected chi connectivity index (χ0v) is 12.7. The molecule has 1 aliphatic heterocycles. The minimum absolute atomic E-state index is 0.0532. The number of likely N-dealkylation sites (N-methyl/N-ethyl adjacent to an activating group) is 2. The first-order valence-corrected chi connectivity index (χ1v) is 7.19. The van der Waals surface area contributed by atoms with E-state index in [0.29, 0.717) is 18.4 Å². The Kier molecular flexibility index (Phi) is 4.89. The lowest BCUT2D eigenvalue weighted by molar-refractivity contribution is -0.383. The monoisotopic (exact) mass is 294 g/mol. The first kappa shape index (κ1) is 15.4. The highest BCUT2D eigenvalue weighted by Crippen LogP contribution is 2.31. The Bertz CT molecular complexity index is 509. The van der Waals surface area contributed by atoms with Gasteiger partial charge in [-0.2, -0.15) is 0 Å². The first-order chi connectivity index (χ1) is 10.0. The van der Waals surface area contributed by atoms with E-state index in [4.69, 9.17) is 0 Å². The lowest BCUT2D eigenvalue weighted by Crippen LogP contribution is -2.37. The summed E-state index contributed by atoms with van der Waals surface area (Å²) in [6.07, 6.45) is 3.65. The topological polar surface area (TPSA) is 87.4 Å². The predicted molar refractivity (Wildman–Crippen MR) is 81.8 cm³/mol. The van der Waals surface area contributed by atoms with Crippen molar-refractivity contribution in [2.45, 2.75) is 25.8 Å². The number of nitro groups is 1. The Morgan fingerprint density at radius 1 is 1.57 bits per heavy atom. The zero-order chi connectivity index (χ0) is 15.4. The van der Waals surface area contributed by atoms with Gasteiger partial charge in [-0.15, -0.1) is 0 Å². The second-order valence-corrected chi connectivity index (χ2v) is 5.34. The van der Waals surface area contributed by atoms with Crippen LogP contribution >= 0.6 is 0 Å². The Morgan fingerprint density at radius 3 is 2.90 bits per heavy atom. The van der Waals surface area contributed by atoms with Gasteiger partial charge in [0, 0.05) is 26.2 Å². The third kappa shape index (κ3) is 3.38. The van der Waals surface area contributed by atoms with E-state index in [2.05, 4.69) is 27.2 Å². The van der Waals surface area contributed by atoms with Crippen LogP contribution in [0.2, 0.25) is 0 Å². The molecule has 1 aliphatic rings. The van der Waals surface area contributed by atoms with Crippen molar-refractivity contribution in [3.63, 3.8) is 0 Å². The van der Waals surface area contributed by atoms with Crippen molar-refractivity contribution in [1.82, 2.24) is 14.9 Å². The third-order valence-corrected chi connectivity index (χ3v) is 3.85. The van der Waals surface area contributed by atoms with Crippen LogP contribution in [0.15, 0.2) is 6.33 Å². The molecule has 2 rings (SSSR count). The minimum Gasteiger partial charge on any atom is -0.364 e. The normalized spacial score (nSPS) is 18.7. The van der Waals surface area contributed by atoms with Crippen LogP contribution in [0.5, 0.6) is 0 Å².